The van der Waals surface area contributed by atoms with Gasteiger partial charge in [-0.25, -0.2) is 0 Å². The molecule has 0 bridgehead atoms. The summed E-state index contributed by atoms with van der Waals surface area (Å²) in [5.74, 6) is 1.63. The van der Waals surface area contributed by atoms with Crippen LogP contribution in [0.3, 0.4) is 0 Å². The summed E-state index contributed by atoms with van der Waals surface area (Å²) in [6, 6.07) is 4.24. The van der Waals surface area contributed by atoms with E-state index in [1.54, 1.807) is 14.2 Å². The average Bonchev–Trinajstić information content (AvgIpc) is 3.25. The van der Waals surface area contributed by atoms with Gasteiger partial charge in [0.15, 0.2) is 0 Å². The molecular weight excluding hydrogens is 486 g/mol. The van der Waals surface area contributed by atoms with Crippen molar-refractivity contribution in [2.45, 2.75) is 104 Å². The summed E-state index contributed by atoms with van der Waals surface area (Å²) in [5, 5.41) is 1.88. The molecule has 4 atom stereocenters. The molecule has 4 rings (SSSR count). The van der Waals surface area contributed by atoms with Crippen LogP contribution in [0.4, 0.5) is 0 Å². The molecule has 4 nitrogen and oxygen atoms in total. The van der Waals surface area contributed by atoms with E-state index in [1.807, 2.05) is 13.8 Å². The normalized spacial score (nSPS) is 26.8. The van der Waals surface area contributed by atoms with Gasteiger partial charge in [0, 0.05) is 44.4 Å². The highest BCUT2D eigenvalue weighted by Gasteiger charge is 2.48. The number of hydrogen-bond donors (Lipinski definition) is 0. The van der Waals surface area contributed by atoms with Gasteiger partial charge in [0.2, 0.25) is 0 Å². The quantitative estimate of drug-likeness (QED) is 0.371. The standard InChI is InChI=1S/C30H44O4P2/c1-17-15-25(35(31)19(3)11-12-20(35)4)27(23(7)29(17)33-9)28-24(8)30(34-10)18(2)16-26(28)36(32)21(5)13-14-22(36)6/h15-16,19-22H,11-14H2,1-10H3/t19-,20-,21-,22-/m0/s1. The van der Waals surface area contributed by atoms with Gasteiger partial charge in [-0.05, 0) is 87.8 Å². The highest BCUT2D eigenvalue weighted by molar-refractivity contribution is 7.74. The Hall–Kier alpha value is -1.50. The highest BCUT2D eigenvalue weighted by Crippen LogP contribution is 2.66. The van der Waals surface area contributed by atoms with E-state index in [0.717, 1.165) is 81.2 Å². The zero-order chi connectivity index (χ0) is 26.7. The van der Waals surface area contributed by atoms with Crippen LogP contribution < -0.4 is 20.1 Å². The zero-order valence-electron chi connectivity index (χ0n) is 23.8. The van der Waals surface area contributed by atoms with E-state index in [1.165, 1.54) is 0 Å². The molecule has 2 heterocycles. The lowest BCUT2D eigenvalue weighted by Crippen LogP contribution is -2.25. The Labute approximate surface area is 218 Å². The molecule has 2 aliphatic rings. The van der Waals surface area contributed by atoms with Gasteiger partial charge >= 0.3 is 0 Å². The number of methoxy groups -OCH3 is 2. The Balaban J connectivity index is 2.23. The molecule has 0 unspecified atom stereocenters. The van der Waals surface area contributed by atoms with Gasteiger partial charge in [-0.3, -0.25) is 0 Å². The third-order valence-electron chi connectivity index (χ3n) is 9.40. The minimum atomic E-state index is -2.74. The largest absolute Gasteiger partial charge is 0.496 e. The van der Waals surface area contributed by atoms with Crippen LogP contribution in [0.25, 0.3) is 11.1 Å². The molecule has 2 fully saturated rings. The van der Waals surface area contributed by atoms with Crippen molar-refractivity contribution in [3.05, 3.63) is 34.4 Å². The number of aryl methyl sites for hydroxylation is 2. The Kier molecular flexibility index (Phi) is 7.39. The maximum atomic E-state index is 15.0. The third kappa shape index (κ3) is 3.77. The molecule has 2 aromatic carbocycles. The minimum absolute atomic E-state index is 0.120. The topological polar surface area (TPSA) is 52.6 Å². The molecular formula is C30H44O4P2. The molecule has 2 saturated heterocycles. The first-order chi connectivity index (χ1) is 16.8. The Morgan fingerprint density at radius 3 is 1.14 bits per heavy atom. The lowest BCUT2D eigenvalue weighted by molar-refractivity contribution is 0.408. The summed E-state index contributed by atoms with van der Waals surface area (Å²) in [7, 11) is -2.07. The van der Waals surface area contributed by atoms with Crippen molar-refractivity contribution >= 4 is 24.9 Å². The highest BCUT2D eigenvalue weighted by atomic mass is 31.2. The molecule has 198 valence electrons. The second-order valence-electron chi connectivity index (χ2n) is 11.5. The lowest BCUT2D eigenvalue weighted by Gasteiger charge is -2.32. The Morgan fingerprint density at radius 1 is 0.611 bits per heavy atom. The van der Waals surface area contributed by atoms with E-state index in [9.17, 15) is 0 Å². The smallest absolute Gasteiger partial charge is 0.125 e. The molecule has 0 aliphatic carbocycles. The molecule has 2 aliphatic heterocycles. The van der Waals surface area contributed by atoms with Gasteiger partial charge < -0.3 is 18.6 Å². The SMILES string of the molecule is COc1c(C)cc(P2(=O)[C@@H](C)CC[C@@H]2C)c(-c2c(P3(=O)[C@@H](C)CC[C@@H]3C)cc(C)c(OC)c2C)c1C. The van der Waals surface area contributed by atoms with Crippen LogP contribution in [0.15, 0.2) is 12.1 Å². The molecule has 0 spiro atoms. The summed E-state index contributed by atoms with van der Waals surface area (Å²) >= 11 is 0. The van der Waals surface area contributed by atoms with Crippen LogP contribution in [0.5, 0.6) is 11.5 Å². The van der Waals surface area contributed by atoms with Crippen LogP contribution in [0.2, 0.25) is 0 Å². The van der Waals surface area contributed by atoms with E-state index in [2.05, 4.69) is 53.7 Å². The predicted molar refractivity (Wildman–Crippen MR) is 155 cm³/mol. The fraction of sp³-hybridized carbons (Fsp3) is 0.600. The minimum Gasteiger partial charge on any atom is -0.496 e. The van der Waals surface area contributed by atoms with Crippen molar-refractivity contribution in [1.82, 2.24) is 0 Å². The number of hydrogen-bond acceptors (Lipinski definition) is 4. The van der Waals surface area contributed by atoms with Crippen molar-refractivity contribution in [2.75, 3.05) is 14.2 Å². The van der Waals surface area contributed by atoms with Crippen molar-refractivity contribution in [3.63, 3.8) is 0 Å². The summed E-state index contributed by atoms with van der Waals surface area (Å²) in [6.07, 6.45) is 3.88. The van der Waals surface area contributed by atoms with Crippen LogP contribution in [-0.2, 0) is 9.13 Å². The second-order valence-corrected chi connectivity index (χ2v) is 18.8. The first-order valence-electron chi connectivity index (χ1n) is 13.4. The Morgan fingerprint density at radius 2 is 0.889 bits per heavy atom. The molecule has 0 N–H and O–H groups in total. The predicted octanol–water partition coefficient (Wildman–Crippen LogP) is 7.72. The average molecular weight is 531 g/mol. The fourth-order valence-corrected chi connectivity index (χ4v) is 15.1. The van der Waals surface area contributed by atoms with Gasteiger partial charge in [-0.2, -0.15) is 0 Å². The molecule has 2 aromatic rings. The van der Waals surface area contributed by atoms with Crippen molar-refractivity contribution in [1.29, 1.82) is 0 Å². The van der Waals surface area contributed by atoms with Crippen LogP contribution >= 0.6 is 14.3 Å². The van der Waals surface area contributed by atoms with Crippen LogP contribution in [-0.4, -0.2) is 36.9 Å². The number of benzene rings is 2. The van der Waals surface area contributed by atoms with Crippen molar-refractivity contribution < 1.29 is 18.6 Å². The first-order valence-corrected chi connectivity index (χ1v) is 17.1. The first kappa shape index (κ1) is 27.5. The van der Waals surface area contributed by atoms with Gasteiger partial charge in [0.05, 0.1) is 14.2 Å². The number of rotatable bonds is 5. The summed E-state index contributed by atoms with van der Waals surface area (Å²) < 4.78 is 41.8. The van der Waals surface area contributed by atoms with Crippen molar-refractivity contribution in [3.8, 4) is 22.6 Å². The maximum Gasteiger partial charge on any atom is 0.125 e. The third-order valence-corrected chi connectivity index (χ3v) is 17.9. The van der Waals surface area contributed by atoms with E-state index in [4.69, 9.17) is 9.47 Å². The molecule has 0 saturated carbocycles. The monoisotopic (exact) mass is 530 g/mol. The zero-order valence-corrected chi connectivity index (χ0v) is 25.6. The van der Waals surface area contributed by atoms with Gasteiger partial charge in [0.1, 0.15) is 25.8 Å². The van der Waals surface area contributed by atoms with Crippen molar-refractivity contribution in [2.24, 2.45) is 0 Å². The van der Waals surface area contributed by atoms with Gasteiger partial charge in [-0.15, -0.1) is 0 Å². The van der Waals surface area contributed by atoms with Crippen LogP contribution in [0.1, 0.15) is 75.6 Å². The van der Waals surface area contributed by atoms with E-state index in [0.29, 0.717) is 0 Å². The Bertz CT molecular complexity index is 1170. The maximum absolute atomic E-state index is 15.0. The molecule has 0 radical (unpaired) electrons. The molecule has 0 amide bonds. The van der Waals surface area contributed by atoms with E-state index in [-0.39, 0.29) is 22.6 Å². The second kappa shape index (κ2) is 9.67. The fourth-order valence-electron chi connectivity index (χ4n) is 7.25. The lowest BCUT2D eigenvalue weighted by atomic mass is 9.92. The summed E-state index contributed by atoms with van der Waals surface area (Å²) in [4.78, 5) is 0. The molecule has 36 heavy (non-hydrogen) atoms. The van der Waals surface area contributed by atoms with E-state index < -0.39 is 14.3 Å². The summed E-state index contributed by atoms with van der Waals surface area (Å²) in [5.41, 5.74) is 6.38. The number of ether oxygens (including phenoxy) is 2. The molecule has 0 aromatic heterocycles. The van der Waals surface area contributed by atoms with Gasteiger partial charge in [-0.1, -0.05) is 27.7 Å². The molecule has 6 heteroatoms. The summed E-state index contributed by atoms with van der Waals surface area (Å²) in [6.45, 7) is 16.8. The van der Waals surface area contributed by atoms with Crippen LogP contribution in [0, 0.1) is 27.7 Å². The van der Waals surface area contributed by atoms with Gasteiger partial charge in [0.25, 0.3) is 0 Å². The van der Waals surface area contributed by atoms with E-state index >= 15 is 9.13 Å².